The molecule has 1 saturated heterocycles. The molecule has 5 heteroatoms. The first-order valence-electron chi connectivity index (χ1n) is 7.93. The van der Waals surface area contributed by atoms with Gasteiger partial charge in [-0.3, -0.25) is 4.79 Å². The summed E-state index contributed by atoms with van der Waals surface area (Å²) in [7, 11) is 0. The molecule has 0 aliphatic carbocycles. The molecule has 0 spiro atoms. The van der Waals surface area contributed by atoms with E-state index in [2.05, 4.69) is 19.0 Å². The number of nitrogens with zero attached hydrogens (tertiary/aromatic N) is 2. The average Bonchev–Trinajstić information content (AvgIpc) is 3.13. The maximum absolute atomic E-state index is 12.5. The molecule has 3 rings (SSSR count). The first kappa shape index (κ1) is 15.3. The minimum Gasteiger partial charge on any atom is -0.355 e. The van der Waals surface area contributed by atoms with Gasteiger partial charge in [0.1, 0.15) is 0 Å². The highest BCUT2D eigenvalue weighted by molar-refractivity contribution is 7.17. The van der Waals surface area contributed by atoms with Gasteiger partial charge in [-0.2, -0.15) is 0 Å². The normalized spacial score (nSPS) is 15.5. The third-order valence-corrected chi connectivity index (χ3v) is 5.26. The number of thiophene rings is 1. The largest absolute Gasteiger partial charge is 0.355 e. The summed E-state index contributed by atoms with van der Waals surface area (Å²) in [6, 6.07) is 3.88. The summed E-state index contributed by atoms with van der Waals surface area (Å²) in [5, 5.41) is 4.17. The van der Waals surface area contributed by atoms with E-state index in [1.807, 2.05) is 24.0 Å². The third kappa shape index (κ3) is 2.82. The molecule has 1 fully saturated rings. The fraction of sp³-hybridized carbons (Fsp3) is 0.529. The van der Waals surface area contributed by atoms with Crippen molar-refractivity contribution in [3.63, 3.8) is 0 Å². The van der Waals surface area contributed by atoms with Crippen molar-refractivity contribution in [3.05, 3.63) is 28.3 Å². The maximum atomic E-state index is 12.5. The van der Waals surface area contributed by atoms with Crippen LogP contribution in [0.1, 0.15) is 60.0 Å². The monoisotopic (exact) mass is 318 g/mol. The first-order chi connectivity index (χ1) is 10.6. The van der Waals surface area contributed by atoms with Crippen LogP contribution in [0.15, 0.2) is 16.7 Å². The molecule has 4 nitrogen and oxygen atoms in total. The van der Waals surface area contributed by atoms with Crippen LogP contribution in [0.5, 0.6) is 0 Å². The summed E-state index contributed by atoms with van der Waals surface area (Å²) in [5.74, 6) is 1.29. The van der Waals surface area contributed by atoms with Crippen molar-refractivity contribution in [1.82, 2.24) is 10.1 Å². The summed E-state index contributed by atoms with van der Waals surface area (Å²) >= 11 is 1.50. The van der Waals surface area contributed by atoms with Crippen molar-refractivity contribution in [2.45, 2.75) is 46.0 Å². The highest BCUT2D eigenvalue weighted by atomic mass is 32.1. The molecule has 1 aliphatic heterocycles. The minimum absolute atomic E-state index is 0.150. The zero-order valence-electron chi connectivity index (χ0n) is 13.4. The zero-order chi connectivity index (χ0) is 15.7. The van der Waals surface area contributed by atoms with Gasteiger partial charge in [0.15, 0.2) is 5.76 Å². The Bertz CT molecular complexity index is 666. The van der Waals surface area contributed by atoms with Crippen molar-refractivity contribution in [2.75, 3.05) is 13.1 Å². The molecule has 0 atom stereocenters. The molecule has 1 aliphatic rings. The van der Waals surface area contributed by atoms with Crippen LogP contribution in [0, 0.1) is 6.92 Å². The molecular weight excluding hydrogens is 296 g/mol. The summed E-state index contributed by atoms with van der Waals surface area (Å²) in [4.78, 5) is 16.3. The Morgan fingerprint density at radius 1 is 1.27 bits per heavy atom. The molecule has 1 amide bonds. The Morgan fingerprint density at radius 2 is 2.00 bits per heavy atom. The molecule has 2 aromatic heterocycles. The number of amides is 1. The van der Waals surface area contributed by atoms with Gasteiger partial charge in [0.25, 0.3) is 5.91 Å². The lowest BCUT2D eigenvalue weighted by molar-refractivity contribution is 0.0729. The minimum atomic E-state index is 0.150. The molecule has 2 aromatic rings. The molecule has 22 heavy (non-hydrogen) atoms. The predicted octanol–water partition coefficient (Wildman–Crippen LogP) is 4.46. The van der Waals surface area contributed by atoms with E-state index in [9.17, 15) is 4.79 Å². The zero-order valence-corrected chi connectivity index (χ0v) is 14.2. The molecule has 3 heterocycles. The highest BCUT2D eigenvalue weighted by Crippen LogP contribution is 2.34. The van der Waals surface area contributed by atoms with Crippen molar-refractivity contribution >= 4 is 17.2 Å². The number of aromatic nitrogens is 1. The fourth-order valence-corrected chi connectivity index (χ4v) is 3.95. The summed E-state index contributed by atoms with van der Waals surface area (Å²) in [6.07, 6.45) is 3.46. The average molecular weight is 318 g/mol. The van der Waals surface area contributed by atoms with E-state index >= 15 is 0 Å². The van der Waals surface area contributed by atoms with E-state index < -0.39 is 0 Å². The number of likely N-dealkylation sites (tertiary alicyclic amines) is 1. The summed E-state index contributed by atoms with van der Waals surface area (Å²) in [6.45, 7) is 8.01. The number of piperidine rings is 1. The third-order valence-electron chi connectivity index (χ3n) is 4.19. The van der Waals surface area contributed by atoms with E-state index in [0.29, 0.717) is 5.92 Å². The topological polar surface area (TPSA) is 46.3 Å². The highest BCUT2D eigenvalue weighted by Gasteiger charge is 2.22. The maximum Gasteiger partial charge on any atom is 0.263 e. The van der Waals surface area contributed by atoms with E-state index in [-0.39, 0.29) is 5.91 Å². The fourth-order valence-electron chi connectivity index (χ4n) is 2.94. The lowest BCUT2D eigenvalue weighted by Crippen LogP contribution is -2.35. The Kier molecular flexibility index (Phi) is 4.34. The van der Waals surface area contributed by atoms with Crippen LogP contribution >= 0.6 is 11.3 Å². The SMILES string of the molecule is Cc1c(C(C)C)noc1-c1ccc(C(=O)N2CCCCC2)s1. The van der Waals surface area contributed by atoms with Gasteiger partial charge in [-0.1, -0.05) is 19.0 Å². The number of carbonyl (C=O) groups is 1. The Labute approximate surface area is 135 Å². The standard InChI is InChI=1S/C17H22N2O2S/c1-11(2)15-12(3)16(21-18-15)13-7-8-14(22-13)17(20)19-9-5-4-6-10-19/h7-8,11H,4-6,9-10H2,1-3H3. The van der Waals surface area contributed by atoms with Gasteiger partial charge in [-0.15, -0.1) is 11.3 Å². The molecule has 118 valence electrons. The Morgan fingerprint density at radius 3 is 2.64 bits per heavy atom. The molecular formula is C17H22N2O2S. The van der Waals surface area contributed by atoms with Gasteiger partial charge >= 0.3 is 0 Å². The molecule has 0 aromatic carbocycles. The van der Waals surface area contributed by atoms with Crippen LogP contribution in [0.4, 0.5) is 0 Å². The van der Waals surface area contributed by atoms with E-state index in [1.165, 1.54) is 17.8 Å². The summed E-state index contributed by atoms with van der Waals surface area (Å²) in [5.41, 5.74) is 2.07. The molecule has 0 bridgehead atoms. The smallest absolute Gasteiger partial charge is 0.263 e. The van der Waals surface area contributed by atoms with Crippen LogP contribution in [0.3, 0.4) is 0 Å². The second-order valence-electron chi connectivity index (χ2n) is 6.19. The van der Waals surface area contributed by atoms with Crippen LogP contribution < -0.4 is 0 Å². The van der Waals surface area contributed by atoms with Crippen LogP contribution in [0.25, 0.3) is 10.6 Å². The quantitative estimate of drug-likeness (QED) is 0.839. The Hall–Kier alpha value is -1.62. The van der Waals surface area contributed by atoms with Gasteiger partial charge in [0, 0.05) is 18.7 Å². The van der Waals surface area contributed by atoms with Gasteiger partial charge in [-0.25, -0.2) is 0 Å². The van der Waals surface area contributed by atoms with E-state index in [4.69, 9.17) is 4.52 Å². The van der Waals surface area contributed by atoms with Gasteiger partial charge in [0.05, 0.1) is 15.4 Å². The number of hydrogen-bond acceptors (Lipinski definition) is 4. The second-order valence-corrected chi connectivity index (χ2v) is 7.28. The van der Waals surface area contributed by atoms with Crippen LogP contribution in [-0.2, 0) is 0 Å². The number of hydrogen-bond donors (Lipinski definition) is 0. The van der Waals surface area contributed by atoms with Gasteiger partial charge in [-0.05, 0) is 44.2 Å². The molecule has 0 saturated carbocycles. The van der Waals surface area contributed by atoms with E-state index in [1.54, 1.807) is 0 Å². The second kappa shape index (κ2) is 6.24. The van der Waals surface area contributed by atoms with Crippen molar-refractivity contribution < 1.29 is 9.32 Å². The molecule has 0 N–H and O–H groups in total. The van der Waals surface area contributed by atoms with Gasteiger partial charge in [0.2, 0.25) is 0 Å². The summed E-state index contributed by atoms with van der Waals surface area (Å²) < 4.78 is 5.52. The van der Waals surface area contributed by atoms with Crippen LogP contribution in [-0.4, -0.2) is 29.1 Å². The first-order valence-corrected chi connectivity index (χ1v) is 8.75. The van der Waals surface area contributed by atoms with Crippen LogP contribution in [0.2, 0.25) is 0 Å². The van der Waals surface area contributed by atoms with Gasteiger partial charge < -0.3 is 9.42 Å². The van der Waals surface area contributed by atoms with Crippen molar-refractivity contribution in [3.8, 4) is 10.6 Å². The number of rotatable bonds is 3. The lowest BCUT2D eigenvalue weighted by Gasteiger charge is -2.26. The van der Waals surface area contributed by atoms with E-state index in [0.717, 1.165) is 52.7 Å². The predicted molar refractivity (Wildman–Crippen MR) is 88.4 cm³/mol. The molecule has 0 radical (unpaired) electrons. The van der Waals surface area contributed by atoms with Crippen molar-refractivity contribution in [1.29, 1.82) is 0 Å². The number of carbonyl (C=O) groups excluding carboxylic acids is 1. The molecule has 0 unspecified atom stereocenters. The van der Waals surface area contributed by atoms with Crippen molar-refractivity contribution in [2.24, 2.45) is 0 Å². The lowest BCUT2D eigenvalue weighted by atomic mass is 10.1. The Balaban J connectivity index is 1.83.